The van der Waals surface area contributed by atoms with Crippen LogP contribution in [0.15, 0.2) is 47.5 Å². The smallest absolute Gasteiger partial charge is 0.330 e. The Hall–Kier alpha value is -3.40. The van der Waals surface area contributed by atoms with Crippen molar-refractivity contribution in [3.63, 3.8) is 0 Å². The summed E-state index contributed by atoms with van der Waals surface area (Å²) in [4.78, 5) is 30.6. The third kappa shape index (κ3) is 4.50. The summed E-state index contributed by atoms with van der Waals surface area (Å²) in [6, 6.07) is 9.22. The number of hydrogen-bond donors (Lipinski definition) is 1. The number of rotatable bonds is 8. The van der Waals surface area contributed by atoms with E-state index >= 15 is 0 Å². The summed E-state index contributed by atoms with van der Waals surface area (Å²) in [5.41, 5.74) is 4.11. The molecular weight excluding hydrogens is 454 g/mol. The first-order chi connectivity index (χ1) is 16.1. The molecule has 1 amide bonds. The van der Waals surface area contributed by atoms with Crippen molar-refractivity contribution in [2.24, 2.45) is 7.05 Å². The Kier molecular flexibility index (Phi) is 6.35. The van der Waals surface area contributed by atoms with E-state index in [1.807, 2.05) is 37.0 Å². The Labute approximate surface area is 198 Å². The number of benzene rings is 1. The normalized spacial score (nSPS) is 12.9. The maximum Gasteiger partial charge on any atom is 0.330 e. The Morgan fingerprint density at radius 2 is 1.91 bits per heavy atom. The Balaban J connectivity index is 1.83. The number of aromatic nitrogens is 4. The highest BCUT2D eigenvalue weighted by molar-refractivity contribution is 7.89. The van der Waals surface area contributed by atoms with Gasteiger partial charge < -0.3 is 4.57 Å². The van der Waals surface area contributed by atoms with E-state index in [4.69, 9.17) is 0 Å². The molecule has 0 aliphatic heterocycles. The first kappa shape index (κ1) is 23.7. The number of carbonyl (C=O) groups is 1. The van der Waals surface area contributed by atoms with Gasteiger partial charge in [0.15, 0.2) is 5.65 Å². The molecule has 0 fully saturated rings. The minimum Gasteiger partial charge on any atom is -0.350 e. The van der Waals surface area contributed by atoms with E-state index in [-0.39, 0.29) is 12.1 Å². The molecule has 34 heavy (non-hydrogen) atoms. The average Bonchev–Trinajstić information content (AvgIpc) is 3.22. The van der Waals surface area contributed by atoms with Crippen molar-refractivity contribution in [1.82, 2.24) is 23.4 Å². The standard InChI is InChI=1S/C24H29N5O4S/c1-5-8-18(13-21(30)26-34(4,32)33)29-23-20(11-7-12-25-23)28(24(29)31)15-17-14-27(3)19-10-6-9-16(2)22(17)19/h6-7,9-12,14,18H,5,8,13,15H2,1-4H3,(H,26,30)/t18-/m0/s1. The van der Waals surface area contributed by atoms with Gasteiger partial charge in [-0.1, -0.05) is 25.5 Å². The van der Waals surface area contributed by atoms with Crippen LogP contribution in [-0.4, -0.2) is 39.3 Å². The molecule has 0 spiro atoms. The predicted molar refractivity (Wildman–Crippen MR) is 132 cm³/mol. The monoisotopic (exact) mass is 483 g/mol. The third-order valence-electron chi connectivity index (χ3n) is 6.06. The molecule has 0 aliphatic carbocycles. The van der Waals surface area contributed by atoms with Crippen molar-refractivity contribution in [3.05, 3.63) is 64.3 Å². The van der Waals surface area contributed by atoms with Gasteiger partial charge in [-0.25, -0.2) is 18.2 Å². The highest BCUT2D eigenvalue weighted by Gasteiger charge is 2.25. The molecule has 3 heterocycles. The Morgan fingerprint density at radius 3 is 2.62 bits per heavy atom. The van der Waals surface area contributed by atoms with Gasteiger partial charge in [0, 0.05) is 42.8 Å². The van der Waals surface area contributed by atoms with Gasteiger partial charge >= 0.3 is 5.69 Å². The fourth-order valence-electron chi connectivity index (χ4n) is 4.73. The number of fused-ring (bicyclic) bond motifs is 2. The van der Waals surface area contributed by atoms with Crippen LogP contribution in [0.25, 0.3) is 22.1 Å². The minimum atomic E-state index is -3.69. The average molecular weight is 484 g/mol. The first-order valence-electron chi connectivity index (χ1n) is 11.2. The van der Waals surface area contributed by atoms with Gasteiger partial charge in [0.1, 0.15) is 0 Å². The van der Waals surface area contributed by atoms with E-state index in [1.54, 1.807) is 21.4 Å². The summed E-state index contributed by atoms with van der Waals surface area (Å²) in [7, 11) is -1.70. The number of imidazole rings is 1. The van der Waals surface area contributed by atoms with Crippen LogP contribution in [0, 0.1) is 6.92 Å². The number of nitrogens with one attached hydrogen (secondary N) is 1. The molecule has 1 N–H and O–H groups in total. The summed E-state index contributed by atoms with van der Waals surface area (Å²) in [5.74, 6) is -0.644. The topological polar surface area (TPSA) is 108 Å². The summed E-state index contributed by atoms with van der Waals surface area (Å²) in [6.45, 7) is 4.36. The van der Waals surface area contributed by atoms with Crippen molar-refractivity contribution in [1.29, 1.82) is 0 Å². The van der Waals surface area contributed by atoms with E-state index < -0.39 is 22.0 Å². The molecule has 0 bridgehead atoms. The molecule has 0 unspecified atom stereocenters. The molecule has 1 atom stereocenters. The number of pyridine rings is 1. The molecule has 0 saturated heterocycles. The minimum absolute atomic E-state index is 0.135. The molecular formula is C24H29N5O4S. The van der Waals surface area contributed by atoms with Gasteiger partial charge in [-0.2, -0.15) is 0 Å². The van der Waals surface area contributed by atoms with Crippen LogP contribution in [-0.2, 0) is 28.4 Å². The zero-order chi connectivity index (χ0) is 24.6. The number of hydrogen-bond acceptors (Lipinski definition) is 5. The van der Waals surface area contributed by atoms with Gasteiger partial charge in [-0.05, 0) is 42.7 Å². The van der Waals surface area contributed by atoms with Gasteiger partial charge in [0.05, 0.1) is 18.3 Å². The molecule has 1 aromatic carbocycles. The molecule has 0 radical (unpaired) electrons. The zero-order valence-corrected chi connectivity index (χ0v) is 20.6. The predicted octanol–water partition coefficient (Wildman–Crippen LogP) is 2.85. The first-order valence-corrected chi connectivity index (χ1v) is 13.1. The molecule has 9 nitrogen and oxygen atoms in total. The second-order valence-electron chi connectivity index (χ2n) is 8.76. The second-order valence-corrected chi connectivity index (χ2v) is 10.5. The molecule has 4 rings (SSSR count). The third-order valence-corrected chi connectivity index (χ3v) is 6.66. The number of sulfonamides is 1. The number of nitrogens with zero attached hydrogens (tertiary/aromatic N) is 4. The zero-order valence-electron chi connectivity index (χ0n) is 19.8. The molecule has 0 saturated carbocycles. The maximum absolute atomic E-state index is 13.7. The lowest BCUT2D eigenvalue weighted by molar-refractivity contribution is -0.120. The van der Waals surface area contributed by atoms with Crippen LogP contribution in [0.1, 0.15) is 43.4 Å². The largest absolute Gasteiger partial charge is 0.350 e. The van der Waals surface area contributed by atoms with Crippen LogP contribution in [0.5, 0.6) is 0 Å². The SMILES string of the molecule is CCC[C@@H](CC(=O)NS(C)(=O)=O)n1c(=O)n(Cc2cn(C)c3cccc(C)c23)c2cccnc21. The molecule has 4 aromatic rings. The van der Waals surface area contributed by atoms with Gasteiger partial charge in [-0.3, -0.25) is 18.7 Å². The number of aryl methyl sites for hydroxylation is 2. The highest BCUT2D eigenvalue weighted by atomic mass is 32.2. The lowest BCUT2D eigenvalue weighted by atomic mass is 10.1. The Bertz CT molecular complexity index is 1540. The van der Waals surface area contributed by atoms with Gasteiger partial charge in [0.2, 0.25) is 15.9 Å². The van der Waals surface area contributed by atoms with Crippen molar-refractivity contribution in [2.45, 2.75) is 45.7 Å². The van der Waals surface area contributed by atoms with Crippen molar-refractivity contribution in [3.8, 4) is 0 Å². The summed E-state index contributed by atoms with van der Waals surface area (Å²) in [5, 5.41) is 1.11. The second kappa shape index (κ2) is 9.09. The van der Waals surface area contributed by atoms with Crippen LogP contribution in [0.3, 0.4) is 0 Å². The van der Waals surface area contributed by atoms with E-state index in [9.17, 15) is 18.0 Å². The number of amides is 1. The fourth-order valence-corrected chi connectivity index (χ4v) is 5.23. The van der Waals surface area contributed by atoms with Crippen molar-refractivity contribution in [2.75, 3.05) is 6.26 Å². The lowest BCUT2D eigenvalue weighted by Crippen LogP contribution is -2.34. The van der Waals surface area contributed by atoms with E-state index in [0.29, 0.717) is 30.6 Å². The van der Waals surface area contributed by atoms with E-state index in [0.717, 1.165) is 28.3 Å². The maximum atomic E-state index is 13.7. The number of carbonyl (C=O) groups excluding carboxylic acids is 1. The van der Waals surface area contributed by atoms with Gasteiger partial charge in [0.25, 0.3) is 0 Å². The highest BCUT2D eigenvalue weighted by Crippen LogP contribution is 2.27. The Morgan fingerprint density at radius 1 is 1.18 bits per heavy atom. The van der Waals surface area contributed by atoms with Crippen LogP contribution in [0.2, 0.25) is 0 Å². The fraction of sp³-hybridized carbons (Fsp3) is 0.375. The summed E-state index contributed by atoms with van der Waals surface area (Å²) in [6.07, 6.45) is 5.69. The molecule has 0 aliphatic rings. The van der Waals surface area contributed by atoms with Gasteiger partial charge in [-0.15, -0.1) is 0 Å². The quantitative estimate of drug-likeness (QED) is 0.415. The molecule has 10 heteroatoms. The van der Waals surface area contributed by atoms with E-state index in [1.165, 1.54) is 0 Å². The lowest BCUT2D eigenvalue weighted by Gasteiger charge is -2.17. The van der Waals surface area contributed by atoms with Crippen molar-refractivity contribution < 1.29 is 13.2 Å². The summed E-state index contributed by atoms with van der Waals surface area (Å²) >= 11 is 0. The van der Waals surface area contributed by atoms with Crippen LogP contribution >= 0.6 is 0 Å². The molecule has 3 aromatic heterocycles. The van der Waals surface area contributed by atoms with E-state index in [2.05, 4.69) is 28.6 Å². The summed E-state index contributed by atoms with van der Waals surface area (Å²) < 4.78 is 30.3. The van der Waals surface area contributed by atoms with Crippen molar-refractivity contribution >= 4 is 38.0 Å². The molecule has 180 valence electrons. The van der Waals surface area contributed by atoms with Crippen LogP contribution < -0.4 is 10.4 Å². The van der Waals surface area contributed by atoms with Crippen LogP contribution in [0.4, 0.5) is 0 Å².